The molecule has 2 heteroatoms. The van der Waals surface area contributed by atoms with Gasteiger partial charge in [-0.25, -0.2) is 0 Å². The molecule has 1 nitrogen and oxygen atoms in total. The Morgan fingerprint density at radius 3 is 2.11 bits per heavy atom. The zero-order chi connectivity index (χ0) is 12.8. The summed E-state index contributed by atoms with van der Waals surface area (Å²) in [4.78, 5) is 0. The van der Waals surface area contributed by atoms with E-state index in [1.54, 1.807) is 6.26 Å². The summed E-state index contributed by atoms with van der Waals surface area (Å²) in [7, 11) is -0.838. The minimum atomic E-state index is -0.838. The highest BCUT2D eigenvalue weighted by atomic mass is 32.2. The van der Waals surface area contributed by atoms with E-state index in [4.69, 9.17) is 0 Å². The molecule has 1 atom stereocenters. The third kappa shape index (κ3) is 3.67. The zero-order valence-corrected chi connectivity index (χ0v) is 11.2. The van der Waals surface area contributed by atoms with Crippen molar-refractivity contribution in [2.24, 2.45) is 0 Å². The van der Waals surface area contributed by atoms with E-state index in [9.17, 15) is 4.21 Å². The molecule has 0 spiro atoms. The van der Waals surface area contributed by atoms with E-state index in [1.165, 1.54) is 0 Å². The highest BCUT2D eigenvalue weighted by Gasteiger charge is 2.03. The fraction of sp³-hybridized carbons (Fsp3) is 0.125. The molecule has 0 fully saturated rings. The first-order valence-electron chi connectivity index (χ1n) is 5.87. The Hall–Kier alpha value is -1.67. The van der Waals surface area contributed by atoms with Crippen LogP contribution in [0.5, 0.6) is 0 Å². The van der Waals surface area contributed by atoms with Crippen LogP contribution >= 0.6 is 0 Å². The molecule has 0 amide bonds. The SMILES string of the molecule is CS(=O)C/C(=C\c1ccccc1)c1ccccc1. The number of benzene rings is 2. The van der Waals surface area contributed by atoms with Crippen LogP contribution in [0.3, 0.4) is 0 Å². The Morgan fingerprint density at radius 1 is 1.00 bits per heavy atom. The molecular weight excluding hydrogens is 240 g/mol. The molecule has 2 aromatic carbocycles. The van der Waals surface area contributed by atoms with Gasteiger partial charge in [0.25, 0.3) is 0 Å². The van der Waals surface area contributed by atoms with Gasteiger partial charge in [-0.05, 0) is 16.7 Å². The molecule has 0 bridgehead atoms. The Labute approximate surface area is 111 Å². The summed E-state index contributed by atoms with van der Waals surface area (Å²) >= 11 is 0. The molecule has 0 aliphatic carbocycles. The maximum absolute atomic E-state index is 11.5. The van der Waals surface area contributed by atoms with Crippen LogP contribution < -0.4 is 0 Å². The van der Waals surface area contributed by atoms with Gasteiger partial charge in [-0.3, -0.25) is 4.21 Å². The molecule has 2 rings (SSSR count). The lowest BCUT2D eigenvalue weighted by Crippen LogP contribution is -1.98. The van der Waals surface area contributed by atoms with E-state index in [0.29, 0.717) is 5.75 Å². The van der Waals surface area contributed by atoms with E-state index < -0.39 is 10.8 Å². The molecule has 0 aromatic heterocycles. The van der Waals surface area contributed by atoms with Gasteiger partial charge in [0.1, 0.15) is 0 Å². The van der Waals surface area contributed by atoms with Crippen LogP contribution in [0.2, 0.25) is 0 Å². The Bertz CT molecular complexity index is 544. The van der Waals surface area contributed by atoms with Gasteiger partial charge in [0.2, 0.25) is 0 Å². The molecule has 0 aliphatic heterocycles. The fourth-order valence-electron chi connectivity index (χ4n) is 1.83. The maximum atomic E-state index is 11.5. The lowest BCUT2D eigenvalue weighted by Gasteiger charge is -2.06. The van der Waals surface area contributed by atoms with Crippen molar-refractivity contribution in [2.45, 2.75) is 0 Å². The summed E-state index contributed by atoms with van der Waals surface area (Å²) in [5, 5.41) is 0. The van der Waals surface area contributed by atoms with Crippen LogP contribution in [0.25, 0.3) is 11.6 Å². The summed E-state index contributed by atoms with van der Waals surface area (Å²) in [6, 6.07) is 20.3. The van der Waals surface area contributed by atoms with Gasteiger partial charge in [0.15, 0.2) is 0 Å². The van der Waals surface area contributed by atoms with Crippen LogP contribution in [0.15, 0.2) is 60.7 Å². The fourth-order valence-corrected chi connectivity index (χ4v) is 2.52. The van der Waals surface area contributed by atoms with Crippen molar-refractivity contribution in [3.05, 3.63) is 71.8 Å². The molecule has 0 radical (unpaired) electrons. The van der Waals surface area contributed by atoms with E-state index in [2.05, 4.69) is 30.3 Å². The molecule has 0 N–H and O–H groups in total. The van der Waals surface area contributed by atoms with Crippen LogP contribution in [0.4, 0.5) is 0 Å². The summed E-state index contributed by atoms with van der Waals surface area (Å²) < 4.78 is 11.5. The molecule has 0 saturated heterocycles. The molecule has 92 valence electrons. The summed E-state index contributed by atoms with van der Waals surface area (Å²) in [6.45, 7) is 0. The topological polar surface area (TPSA) is 17.1 Å². The molecular formula is C16H16OS. The van der Waals surface area contributed by atoms with Gasteiger partial charge in [0.05, 0.1) is 0 Å². The van der Waals surface area contributed by atoms with Crippen LogP contribution in [-0.2, 0) is 10.8 Å². The van der Waals surface area contributed by atoms with Gasteiger partial charge >= 0.3 is 0 Å². The molecule has 0 heterocycles. The monoisotopic (exact) mass is 256 g/mol. The van der Waals surface area contributed by atoms with Gasteiger partial charge < -0.3 is 0 Å². The molecule has 1 unspecified atom stereocenters. The van der Waals surface area contributed by atoms with Crippen molar-refractivity contribution in [1.82, 2.24) is 0 Å². The minimum absolute atomic E-state index is 0.582. The minimum Gasteiger partial charge on any atom is -0.260 e. The summed E-state index contributed by atoms with van der Waals surface area (Å²) in [6.07, 6.45) is 3.85. The summed E-state index contributed by atoms with van der Waals surface area (Å²) in [5.41, 5.74) is 3.39. The number of rotatable bonds is 4. The molecule has 0 aliphatic rings. The lowest BCUT2D eigenvalue weighted by molar-refractivity contribution is 0.689. The van der Waals surface area contributed by atoms with Gasteiger partial charge in [-0.2, -0.15) is 0 Å². The number of hydrogen-bond acceptors (Lipinski definition) is 1. The standard InChI is InChI=1S/C16H16OS/c1-18(17)13-16(15-10-6-3-7-11-15)12-14-8-4-2-5-9-14/h2-12H,13H2,1H3/b16-12+. The zero-order valence-electron chi connectivity index (χ0n) is 10.4. The third-order valence-electron chi connectivity index (χ3n) is 2.64. The average molecular weight is 256 g/mol. The van der Waals surface area contributed by atoms with E-state index in [-0.39, 0.29) is 0 Å². The Kier molecular flexibility index (Phi) is 4.48. The highest BCUT2D eigenvalue weighted by Crippen LogP contribution is 2.18. The normalized spacial score (nSPS) is 13.3. The average Bonchev–Trinajstić information content (AvgIpc) is 2.40. The molecule has 2 aromatic rings. The summed E-state index contributed by atoms with van der Waals surface area (Å²) in [5.74, 6) is 0.582. The third-order valence-corrected chi connectivity index (χ3v) is 3.36. The van der Waals surface area contributed by atoms with Crippen molar-refractivity contribution < 1.29 is 4.21 Å². The van der Waals surface area contributed by atoms with Crippen LogP contribution in [-0.4, -0.2) is 16.2 Å². The second-order valence-corrected chi connectivity index (χ2v) is 5.60. The van der Waals surface area contributed by atoms with Gasteiger partial charge in [-0.1, -0.05) is 66.7 Å². The Morgan fingerprint density at radius 2 is 1.56 bits per heavy atom. The van der Waals surface area contributed by atoms with Crippen LogP contribution in [0.1, 0.15) is 11.1 Å². The van der Waals surface area contributed by atoms with Crippen molar-refractivity contribution in [2.75, 3.05) is 12.0 Å². The molecule has 18 heavy (non-hydrogen) atoms. The first kappa shape index (κ1) is 12.8. The highest BCUT2D eigenvalue weighted by molar-refractivity contribution is 7.84. The predicted octanol–water partition coefficient (Wildman–Crippen LogP) is 3.61. The van der Waals surface area contributed by atoms with Crippen molar-refractivity contribution >= 4 is 22.4 Å². The van der Waals surface area contributed by atoms with Gasteiger partial charge in [0, 0.05) is 22.8 Å². The largest absolute Gasteiger partial charge is 0.260 e. The van der Waals surface area contributed by atoms with Crippen molar-refractivity contribution in [3.8, 4) is 0 Å². The maximum Gasteiger partial charge on any atom is 0.0488 e. The smallest absolute Gasteiger partial charge is 0.0488 e. The number of hydrogen-bond donors (Lipinski definition) is 0. The van der Waals surface area contributed by atoms with E-state index in [0.717, 1.165) is 16.7 Å². The quantitative estimate of drug-likeness (QED) is 0.764. The Balaban J connectivity index is 2.37. The van der Waals surface area contributed by atoms with E-state index >= 15 is 0 Å². The first-order valence-corrected chi connectivity index (χ1v) is 7.59. The van der Waals surface area contributed by atoms with E-state index in [1.807, 2.05) is 36.4 Å². The second-order valence-electron chi connectivity index (χ2n) is 4.16. The van der Waals surface area contributed by atoms with Gasteiger partial charge in [-0.15, -0.1) is 0 Å². The van der Waals surface area contributed by atoms with Crippen molar-refractivity contribution in [3.63, 3.8) is 0 Å². The second kappa shape index (κ2) is 6.31. The lowest BCUT2D eigenvalue weighted by atomic mass is 10.0. The van der Waals surface area contributed by atoms with Crippen molar-refractivity contribution in [1.29, 1.82) is 0 Å². The molecule has 0 saturated carbocycles. The van der Waals surface area contributed by atoms with Crippen LogP contribution in [0, 0.1) is 0 Å². The first-order chi connectivity index (χ1) is 8.75. The predicted molar refractivity (Wildman–Crippen MR) is 79.7 cm³/mol.